The Morgan fingerprint density at radius 1 is 1.13 bits per heavy atom. The first-order valence-electron chi connectivity index (χ1n) is 8.82. The Hall–Kier alpha value is -2.72. The predicted octanol–water partition coefficient (Wildman–Crippen LogP) is 3.48. The second-order valence-electron chi connectivity index (χ2n) is 6.66. The van der Waals surface area contributed by atoms with Gasteiger partial charge in [0.25, 0.3) is 0 Å². The first kappa shape index (κ1) is 23.0. The van der Waals surface area contributed by atoms with Gasteiger partial charge >= 0.3 is 5.97 Å². The third-order valence-electron chi connectivity index (χ3n) is 4.52. The molecule has 0 aliphatic heterocycles. The molecule has 2 aromatic heterocycles. The van der Waals surface area contributed by atoms with Crippen LogP contribution in [0.2, 0.25) is 10.2 Å². The molecule has 1 aromatic carbocycles. The number of carbonyl (C=O) groups is 2. The number of sulfonamides is 1. The van der Waals surface area contributed by atoms with Crippen LogP contribution in [0.3, 0.4) is 0 Å². The number of pyridine rings is 1. The largest absolute Gasteiger partial charge is 0.454 e. The van der Waals surface area contributed by atoms with Crippen molar-refractivity contribution in [2.75, 3.05) is 6.61 Å². The lowest BCUT2D eigenvalue weighted by Gasteiger charge is -2.10. The molecule has 0 bridgehead atoms. The van der Waals surface area contributed by atoms with E-state index in [1.54, 1.807) is 36.6 Å². The van der Waals surface area contributed by atoms with Crippen molar-refractivity contribution in [3.63, 3.8) is 0 Å². The number of carbonyl (C=O) groups excluding carboxylic acids is 2. The van der Waals surface area contributed by atoms with Crippen LogP contribution in [0.1, 0.15) is 32.1 Å². The van der Waals surface area contributed by atoms with Crippen LogP contribution in [-0.4, -0.2) is 36.3 Å². The molecule has 3 aromatic rings. The maximum atomic E-state index is 12.7. The Morgan fingerprint density at radius 3 is 2.35 bits per heavy atom. The van der Waals surface area contributed by atoms with Gasteiger partial charge < -0.3 is 9.30 Å². The SMILES string of the molecule is Cc1cc(C(=O)COC(=O)c2cnc(Cl)c(Cl)c2)c(C)n1-c1ccc(S(N)(=O)=O)cc1. The maximum Gasteiger partial charge on any atom is 0.340 e. The Labute approximate surface area is 188 Å². The molecule has 0 amide bonds. The summed E-state index contributed by atoms with van der Waals surface area (Å²) in [6, 6.07) is 8.92. The molecule has 2 heterocycles. The van der Waals surface area contributed by atoms with Crippen LogP contribution in [0.15, 0.2) is 47.5 Å². The monoisotopic (exact) mass is 481 g/mol. The number of rotatable bonds is 6. The Bertz CT molecular complexity index is 1280. The van der Waals surface area contributed by atoms with Crippen LogP contribution < -0.4 is 5.14 Å². The van der Waals surface area contributed by atoms with Gasteiger partial charge in [0.2, 0.25) is 15.8 Å². The summed E-state index contributed by atoms with van der Waals surface area (Å²) in [6.45, 7) is 3.05. The lowest BCUT2D eigenvalue weighted by atomic mass is 10.1. The van der Waals surface area contributed by atoms with Crippen LogP contribution in [0.25, 0.3) is 5.69 Å². The number of hydrogen-bond donors (Lipinski definition) is 1. The molecule has 31 heavy (non-hydrogen) atoms. The Kier molecular flexibility index (Phi) is 6.51. The van der Waals surface area contributed by atoms with Gasteiger partial charge in [-0.15, -0.1) is 0 Å². The number of hydrogen-bond acceptors (Lipinski definition) is 6. The number of primary sulfonamides is 1. The van der Waals surface area contributed by atoms with E-state index in [1.807, 2.05) is 0 Å². The van der Waals surface area contributed by atoms with Crippen molar-refractivity contribution in [2.24, 2.45) is 5.14 Å². The van der Waals surface area contributed by atoms with Crippen molar-refractivity contribution < 1.29 is 22.7 Å². The Morgan fingerprint density at radius 2 is 1.77 bits per heavy atom. The summed E-state index contributed by atoms with van der Waals surface area (Å²) in [5.41, 5.74) is 2.44. The molecule has 0 aliphatic carbocycles. The van der Waals surface area contributed by atoms with Crippen molar-refractivity contribution in [3.8, 4) is 5.69 Å². The third-order valence-corrected chi connectivity index (χ3v) is 6.14. The minimum absolute atomic E-state index is 0.0151. The zero-order chi connectivity index (χ0) is 22.9. The minimum Gasteiger partial charge on any atom is -0.454 e. The number of Topliss-reactive ketones (excluding diaryl/α,β-unsaturated/α-hetero) is 1. The second kappa shape index (κ2) is 8.80. The van der Waals surface area contributed by atoms with Crippen molar-refractivity contribution >= 4 is 45.0 Å². The minimum atomic E-state index is -3.81. The number of esters is 1. The topological polar surface area (TPSA) is 121 Å². The smallest absolute Gasteiger partial charge is 0.340 e. The summed E-state index contributed by atoms with van der Waals surface area (Å²) in [4.78, 5) is 28.6. The molecule has 0 spiro atoms. The fourth-order valence-corrected chi connectivity index (χ4v) is 3.84. The van der Waals surface area contributed by atoms with E-state index in [0.29, 0.717) is 16.9 Å². The van der Waals surface area contributed by atoms with Crippen LogP contribution >= 0.6 is 23.2 Å². The molecule has 0 saturated carbocycles. The molecule has 162 valence electrons. The number of benzene rings is 1. The third kappa shape index (κ3) is 4.96. The highest BCUT2D eigenvalue weighted by atomic mass is 35.5. The molecule has 3 rings (SSSR count). The normalized spacial score (nSPS) is 11.4. The van der Waals surface area contributed by atoms with Gasteiger partial charge in [-0.1, -0.05) is 23.2 Å². The van der Waals surface area contributed by atoms with Gasteiger partial charge in [-0.25, -0.2) is 23.3 Å². The van der Waals surface area contributed by atoms with Crippen molar-refractivity contribution in [1.82, 2.24) is 9.55 Å². The lowest BCUT2D eigenvalue weighted by molar-refractivity contribution is 0.0474. The molecular formula is C20H17Cl2N3O5S. The van der Waals surface area contributed by atoms with E-state index >= 15 is 0 Å². The summed E-state index contributed by atoms with van der Waals surface area (Å²) < 4.78 is 29.7. The highest BCUT2D eigenvalue weighted by molar-refractivity contribution is 7.89. The molecule has 11 heteroatoms. The summed E-state index contributed by atoms with van der Waals surface area (Å²) >= 11 is 11.6. The zero-order valence-electron chi connectivity index (χ0n) is 16.4. The van der Waals surface area contributed by atoms with E-state index < -0.39 is 28.4 Å². The van der Waals surface area contributed by atoms with Gasteiger partial charge in [-0.3, -0.25) is 4.79 Å². The number of aromatic nitrogens is 2. The Balaban J connectivity index is 1.78. The van der Waals surface area contributed by atoms with Gasteiger partial charge in [-0.2, -0.15) is 0 Å². The summed E-state index contributed by atoms with van der Waals surface area (Å²) in [6.07, 6.45) is 1.21. The van der Waals surface area contributed by atoms with Crippen molar-refractivity contribution in [2.45, 2.75) is 18.7 Å². The van der Waals surface area contributed by atoms with E-state index in [2.05, 4.69) is 4.98 Å². The van der Waals surface area contributed by atoms with E-state index in [0.717, 1.165) is 5.69 Å². The summed E-state index contributed by atoms with van der Waals surface area (Å²) in [7, 11) is -3.81. The van der Waals surface area contributed by atoms with Gasteiger partial charge in [0.15, 0.2) is 6.61 Å². The number of aryl methyl sites for hydroxylation is 1. The molecule has 0 aliphatic rings. The number of ether oxygens (including phenoxy) is 1. The standard InChI is InChI=1S/C20H17Cl2N3O5S/c1-11-7-16(12(2)25(11)14-3-5-15(6-4-14)31(23,28)29)18(26)10-30-20(27)13-8-17(21)19(22)24-9-13/h3-9H,10H2,1-2H3,(H2,23,28,29). The predicted molar refractivity (Wildman–Crippen MR) is 115 cm³/mol. The maximum absolute atomic E-state index is 12.7. The lowest BCUT2D eigenvalue weighted by Crippen LogP contribution is -2.15. The van der Waals surface area contributed by atoms with Gasteiger partial charge in [0.1, 0.15) is 5.15 Å². The molecule has 0 atom stereocenters. The zero-order valence-corrected chi connectivity index (χ0v) is 18.8. The van der Waals surface area contributed by atoms with Gasteiger partial charge in [0.05, 0.1) is 15.5 Å². The average Bonchev–Trinajstić information content (AvgIpc) is 3.01. The highest BCUT2D eigenvalue weighted by Gasteiger charge is 2.19. The van der Waals surface area contributed by atoms with Crippen LogP contribution in [0.4, 0.5) is 0 Å². The van der Waals surface area contributed by atoms with Crippen LogP contribution in [0.5, 0.6) is 0 Å². The van der Waals surface area contributed by atoms with Crippen molar-refractivity contribution in [3.05, 3.63) is 75.3 Å². The first-order chi connectivity index (χ1) is 14.5. The quantitative estimate of drug-likeness (QED) is 0.326. The molecular weight excluding hydrogens is 465 g/mol. The second-order valence-corrected chi connectivity index (χ2v) is 8.98. The average molecular weight is 482 g/mol. The van der Waals surface area contributed by atoms with Gasteiger partial charge in [0, 0.05) is 28.8 Å². The van der Waals surface area contributed by atoms with Crippen LogP contribution in [0, 0.1) is 13.8 Å². The first-order valence-corrected chi connectivity index (χ1v) is 11.1. The summed E-state index contributed by atoms with van der Waals surface area (Å²) in [5.74, 6) is -1.16. The van der Waals surface area contributed by atoms with Crippen molar-refractivity contribution in [1.29, 1.82) is 0 Å². The molecule has 0 radical (unpaired) electrons. The van der Waals surface area contributed by atoms with E-state index in [1.165, 1.54) is 24.4 Å². The molecule has 0 saturated heterocycles. The van der Waals surface area contributed by atoms with E-state index in [-0.39, 0.29) is 20.6 Å². The fourth-order valence-electron chi connectivity index (χ4n) is 3.05. The number of ketones is 1. The summed E-state index contributed by atoms with van der Waals surface area (Å²) in [5, 5.41) is 5.28. The molecule has 8 nitrogen and oxygen atoms in total. The van der Waals surface area contributed by atoms with Crippen LogP contribution in [-0.2, 0) is 14.8 Å². The van der Waals surface area contributed by atoms with Gasteiger partial charge in [-0.05, 0) is 50.2 Å². The highest BCUT2D eigenvalue weighted by Crippen LogP contribution is 2.23. The molecule has 0 unspecified atom stereocenters. The number of halogens is 2. The van der Waals surface area contributed by atoms with E-state index in [9.17, 15) is 18.0 Å². The number of nitrogens with two attached hydrogens (primary N) is 1. The van der Waals surface area contributed by atoms with E-state index in [4.69, 9.17) is 33.1 Å². The fraction of sp³-hybridized carbons (Fsp3) is 0.150. The number of nitrogens with zero attached hydrogens (tertiary/aromatic N) is 2. The molecule has 2 N–H and O–H groups in total. The molecule has 0 fully saturated rings.